The molecule has 2 aliphatic rings. The van der Waals surface area contributed by atoms with Crippen molar-refractivity contribution in [3.63, 3.8) is 0 Å². The van der Waals surface area contributed by atoms with Gasteiger partial charge < -0.3 is 26.2 Å². The first-order chi connectivity index (χ1) is 11.9. The van der Waals surface area contributed by atoms with E-state index in [-0.39, 0.29) is 17.7 Å². The quantitative estimate of drug-likeness (QED) is 0.451. The Labute approximate surface area is 150 Å². The highest BCUT2D eigenvalue weighted by molar-refractivity contribution is 6.40. The van der Waals surface area contributed by atoms with E-state index in [1.54, 1.807) is 6.92 Å². The molecule has 0 spiro atoms. The van der Waals surface area contributed by atoms with Crippen LogP contribution in [0.15, 0.2) is 0 Å². The summed E-state index contributed by atoms with van der Waals surface area (Å²) in [4.78, 5) is 23.3. The molecule has 144 valence electrons. The van der Waals surface area contributed by atoms with E-state index >= 15 is 0 Å². The third-order valence-corrected chi connectivity index (χ3v) is 5.34. The number of amides is 1. The van der Waals surface area contributed by atoms with Crippen LogP contribution in [0.1, 0.15) is 58.3 Å². The molecule has 25 heavy (non-hydrogen) atoms. The monoisotopic (exact) mass is 356 g/mol. The highest BCUT2D eigenvalue weighted by atomic mass is 16.4. The summed E-state index contributed by atoms with van der Waals surface area (Å²) in [5.41, 5.74) is 6.00. The molecule has 8 heteroatoms. The van der Waals surface area contributed by atoms with E-state index in [4.69, 9.17) is 15.8 Å². The van der Waals surface area contributed by atoms with Crippen LogP contribution >= 0.6 is 0 Å². The van der Waals surface area contributed by atoms with Gasteiger partial charge in [-0.15, -0.1) is 0 Å². The topological polar surface area (TPSA) is 133 Å². The number of carboxylic acid groups (broad SMARTS) is 1. The van der Waals surface area contributed by atoms with Gasteiger partial charge in [-0.3, -0.25) is 9.59 Å². The van der Waals surface area contributed by atoms with Crippen molar-refractivity contribution in [1.82, 2.24) is 5.32 Å². The van der Waals surface area contributed by atoms with E-state index < -0.39 is 19.1 Å². The molecular weight excluding hydrogens is 323 g/mol. The van der Waals surface area contributed by atoms with Gasteiger partial charge in [-0.2, -0.15) is 0 Å². The fourth-order valence-corrected chi connectivity index (χ4v) is 3.66. The summed E-state index contributed by atoms with van der Waals surface area (Å²) in [5, 5.41) is 27.9. The molecule has 0 aliphatic heterocycles. The molecule has 0 aromatic rings. The second kappa shape index (κ2) is 11.5. The fourth-order valence-electron chi connectivity index (χ4n) is 3.66. The lowest BCUT2D eigenvalue weighted by molar-refractivity contribution is -0.145. The summed E-state index contributed by atoms with van der Waals surface area (Å²) in [6.45, 7) is 2.15. The van der Waals surface area contributed by atoms with Crippen molar-refractivity contribution in [2.24, 2.45) is 23.5 Å². The van der Waals surface area contributed by atoms with E-state index in [1.165, 1.54) is 0 Å². The van der Waals surface area contributed by atoms with E-state index in [0.717, 1.165) is 51.4 Å². The molecule has 0 radical (unpaired) electrons. The fraction of sp³-hybridized carbons (Fsp3) is 0.882. The first-order valence-corrected chi connectivity index (χ1v) is 9.49. The van der Waals surface area contributed by atoms with Crippen molar-refractivity contribution in [3.05, 3.63) is 0 Å². The van der Waals surface area contributed by atoms with Crippen LogP contribution in [0.3, 0.4) is 0 Å². The van der Waals surface area contributed by atoms with Crippen molar-refractivity contribution in [1.29, 1.82) is 0 Å². The molecule has 0 aromatic heterocycles. The number of rotatable bonds is 6. The van der Waals surface area contributed by atoms with Crippen LogP contribution in [0.25, 0.3) is 0 Å². The first kappa shape index (κ1) is 21.9. The maximum absolute atomic E-state index is 12.1. The maximum atomic E-state index is 12.1. The lowest BCUT2D eigenvalue weighted by atomic mass is 9.79. The number of carbonyl (C=O) groups excluding carboxylic acids is 1. The normalized spacial score (nSPS) is 24.8. The highest BCUT2D eigenvalue weighted by Crippen LogP contribution is 2.30. The second-order valence-electron chi connectivity index (χ2n) is 7.19. The Morgan fingerprint density at radius 1 is 1.12 bits per heavy atom. The van der Waals surface area contributed by atoms with Crippen LogP contribution in [-0.2, 0) is 9.59 Å². The van der Waals surface area contributed by atoms with Crippen LogP contribution < -0.4 is 11.1 Å². The zero-order chi connectivity index (χ0) is 18.8. The molecule has 0 saturated heterocycles. The summed E-state index contributed by atoms with van der Waals surface area (Å²) in [5.74, 6) is -0.792. The molecule has 0 bridgehead atoms. The Hall–Kier alpha value is -1.12. The standard InChI is InChI=1S/C15H26N2O3.C2H7BO2/c16-13(10-5-1-2-6-10)14(18)17-9-11-7-3-4-8-12(11)15(19)20;1-2-3(4)5/h10-13H,1-9,16H2,(H,17,18)(H,19,20);4-5H,2H2,1H3. The summed E-state index contributed by atoms with van der Waals surface area (Å²) < 4.78 is 0. The minimum Gasteiger partial charge on any atom is -0.481 e. The van der Waals surface area contributed by atoms with Crippen LogP contribution in [-0.4, -0.2) is 46.7 Å². The van der Waals surface area contributed by atoms with Gasteiger partial charge in [0, 0.05) is 6.54 Å². The van der Waals surface area contributed by atoms with Crippen molar-refractivity contribution in [2.75, 3.05) is 6.54 Å². The molecule has 3 unspecified atom stereocenters. The molecule has 2 saturated carbocycles. The average molecular weight is 356 g/mol. The highest BCUT2D eigenvalue weighted by Gasteiger charge is 2.32. The van der Waals surface area contributed by atoms with Crippen molar-refractivity contribution in [2.45, 2.75) is 70.7 Å². The molecule has 6 N–H and O–H groups in total. The minimum absolute atomic E-state index is 0.0565. The Balaban J connectivity index is 0.000000550. The SMILES string of the molecule is CCB(O)O.NC(C(=O)NCC1CCCCC1C(=O)O)C1CCCC1. The number of carbonyl (C=O) groups is 2. The van der Waals surface area contributed by atoms with E-state index in [1.807, 2.05) is 0 Å². The predicted octanol–water partition coefficient (Wildman–Crippen LogP) is 0.990. The third-order valence-electron chi connectivity index (χ3n) is 5.34. The molecule has 2 fully saturated rings. The second-order valence-corrected chi connectivity index (χ2v) is 7.19. The molecule has 1 amide bonds. The molecule has 2 rings (SSSR count). The van der Waals surface area contributed by atoms with Crippen molar-refractivity contribution in [3.8, 4) is 0 Å². The van der Waals surface area contributed by atoms with E-state index in [0.29, 0.717) is 18.8 Å². The molecule has 0 heterocycles. The summed E-state index contributed by atoms with van der Waals surface area (Å²) in [6, 6.07) is -0.427. The molecule has 3 atom stereocenters. The minimum atomic E-state index is -1.12. The number of hydrogen-bond acceptors (Lipinski definition) is 5. The maximum Gasteiger partial charge on any atom is 0.451 e. The van der Waals surface area contributed by atoms with Gasteiger partial charge in [-0.25, -0.2) is 0 Å². The van der Waals surface area contributed by atoms with Gasteiger partial charge in [0.15, 0.2) is 0 Å². The smallest absolute Gasteiger partial charge is 0.451 e. The van der Waals surface area contributed by atoms with Crippen molar-refractivity contribution >= 4 is 19.0 Å². The Kier molecular flexibility index (Phi) is 10.1. The Morgan fingerprint density at radius 3 is 2.16 bits per heavy atom. The number of aliphatic carboxylic acids is 1. The summed E-state index contributed by atoms with van der Waals surface area (Å²) in [6.07, 6.45) is 8.46. The van der Waals surface area contributed by atoms with Crippen LogP contribution in [0, 0.1) is 17.8 Å². The lowest BCUT2D eigenvalue weighted by Crippen LogP contribution is -2.47. The van der Waals surface area contributed by atoms with Crippen LogP contribution in [0.4, 0.5) is 0 Å². The molecule has 2 aliphatic carbocycles. The number of hydrogen-bond donors (Lipinski definition) is 5. The predicted molar refractivity (Wildman–Crippen MR) is 96.7 cm³/mol. The van der Waals surface area contributed by atoms with Gasteiger partial charge in [0.1, 0.15) is 0 Å². The molecule has 7 nitrogen and oxygen atoms in total. The molecule has 0 aromatic carbocycles. The number of nitrogens with one attached hydrogen (secondary N) is 1. The van der Waals surface area contributed by atoms with Gasteiger partial charge in [0.05, 0.1) is 12.0 Å². The zero-order valence-electron chi connectivity index (χ0n) is 15.2. The first-order valence-electron chi connectivity index (χ1n) is 9.49. The lowest BCUT2D eigenvalue weighted by Gasteiger charge is -2.29. The van der Waals surface area contributed by atoms with E-state index in [9.17, 15) is 14.7 Å². The van der Waals surface area contributed by atoms with Gasteiger partial charge >= 0.3 is 13.1 Å². The van der Waals surface area contributed by atoms with Gasteiger partial charge in [-0.05, 0) is 43.8 Å². The largest absolute Gasteiger partial charge is 0.481 e. The number of carboxylic acids is 1. The van der Waals surface area contributed by atoms with Gasteiger partial charge in [0.2, 0.25) is 5.91 Å². The third kappa shape index (κ3) is 7.75. The van der Waals surface area contributed by atoms with Crippen molar-refractivity contribution < 1.29 is 24.7 Å². The van der Waals surface area contributed by atoms with Gasteiger partial charge in [-0.1, -0.05) is 32.6 Å². The summed E-state index contributed by atoms with van der Waals surface area (Å²) in [7, 11) is -1.12. The average Bonchev–Trinajstić information content (AvgIpc) is 3.14. The van der Waals surface area contributed by atoms with Gasteiger partial charge in [0.25, 0.3) is 0 Å². The zero-order valence-corrected chi connectivity index (χ0v) is 15.2. The Morgan fingerprint density at radius 2 is 1.64 bits per heavy atom. The van der Waals surface area contributed by atoms with E-state index in [2.05, 4.69) is 5.32 Å². The van der Waals surface area contributed by atoms with Crippen LogP contribution in [0.2, 0.25) is 6.32 Å². The number of nitrogens with two attached hydrogens (primary N) is 1. The Bertz CT molecular complexity index is 416. The van der Waals surface area contributed by atoms with Crippen LogP contribution in [0.5, 0.6) is 0 Å². The summed E-state index contributed by atoms with van der Waals surface area (Å²) >= 11 is 0. The molecular formula is C17H33BN2O5.